The van der Waals surface area contributed by atoms with Crippen LogP contribution >= 0.6 is 11.6 Å². The Kier molecular flexibility index (Phi) is 10.9. The molecule has 9 nitrogen and oxygen atoms in total. The lowest BCUT2D eigenvalue weighted by molar-refractivity contribution is -0.145. The minimum absolute atomic E-state index is 0.0355. The topological polar surface area (TPSA) is 151 Å². The van der Waals surface area contributed by atoms with Crippen molar-refractivity contribution in [1.82, 2.24) is 10.3 Å². The van der Waals surface area contributed by atoms with Crippen molar-refractivity contribution in [2.45, 2.75) is 65.0 Å². The zero-order valence-corrected chi connectivity index (χ0v) is 30.1. The van der Waals surface area contributed by atoms with Crippen LogP contribution in [0.5, 0.6) is 11.5 Å². The number of ether oxygens (including phenoxy) is 2. The number of benzene rings is 4. The van der Waals surface area contributed by atoms with Crippen LogP contribution in [0.3, 0.4) is 0 Å². The SMILES string of the molecule is Cc1c(COc2cc(OCc3cncc(C#N)c3)c(CNC(C)(CO)C(=O)O)cc2Cl)cccc1-c1cccc(-c2ccc3c(c2)C[C@@H](N)C3)c1C. The van der Waals surface area contributed by atoms with Gasteiger partial charge in [0.2, 0.25) is 0 Å². The molecular formula is C42H41ClN4O5. The molecule has 10 heteroatoms. The van der Waals surface area contributed by atoms with E-state index in [0.717, 1.165) is 35.1 Å². The molecule has 1 aliphatic rings. The number of halogens is 1. The van der Waals surface area contributed by atoms with Crippen LogP contribution < -0.4 is 20.5 Å². The summed E-state index contributed by atoms with van der Waals surface area (Å²) in [7, 11) is 0. The number of nitrogens with zero attached hydrogens (tertiary/aromatic N) is 2. The Bertz CT molecular complexity index is 2180. The van der Waals surface area contributed by atoms with Crippen LogP contribution in [0, 0.1) is 25.2 Å². The summed E-state index contributed by atoms with van der Waals surface area (Å²) in [6, 6.07) is 26.6. The number of carbonyl (C=O) groups is 1. The lowest BCUT2D eigenvalue weighted by Gasteiger charge is -2.25. The predicted octanol–water partition coefficient (Wildman–Crippen LogP) is 7.07. The first-order valence-electron chi connectivity index (χ1n) is 17.1. The van der Waals surface area contributed by atoms with Crippen LogP contribution in [0.15, 0.2) is 85.2 Å². The number of rotatable bonds is 13. The van der Waals surface area contributed by atoms with Gasteiger partial charge >= 0.3 is 5.97 Å². The number of nitriles is 1. The lowest BCUT2D eigenvalue weighted by atomic mass is 9.89. The maximum Gasteiger partial charge on any atom is 0.326 e. The molecule has 1 aliphatic carbocycles. The number of pyridine rings is 1. The van der Waals surface area contributed by atoms with Crippen molar-refractivity contribution >= 4 is 17.6 Å². The molecule has 4 aromatic carbocycles. The summed E-state index contributed by atoms with van der Waals surface area (Å²) in [5.41, 5.74) is 16.8. The molecule has 0 amide bonds. The van der Waals surface area contributed by atoms with Crippen molar-refractivity contribution < 1.29 is 24.5 Å². The highest BCUT2D eigenvalue weighted by atomic mass is 35.5. The van der Waals surface area contributed by atoms with E-state index in [2.05, 4.69) is 72.7 Å². The molecule has 1 heterocycles. The largest absolute Gasteiger partial charge is 0.488 e. The smallest absolute Gasteiger partial charge is 0.326 e. The van der Waals surface area contributed by atoms with E-state index in [-0.39, 0.29) is 25.8 Å². The average molecular weight is 717 g/mol. The molecule has 5 N–H and O–H groups in total. The molecule has 5 aromatic rings. The van der Waals surface area contributed by atoms with Crippen molar-refractivity contribution in [2.24, 2.45) is 5.73 Å². The van der Waals surface area contributed by atoms with E-state index in [1.807, 2.05) is 12.1 Å². The van der Waals surface area contributed by atoms with Gasteiger partial charge in [0.1, 0.15) is 36.3 Å². The van der Waals surface area contributed by atoms with E-state index in [0.29, 0.717) is 33.2 Å². The van der Waals surface area contributed by atoms with Crippen LogP contribution in [0.2, 0.25) is 5.02 Å². The second-order valence-corrected chi connectivity index (χ2v) is 13.9. The van der Waals surface area contributed by atoms with Gasteiger partial charge in [-0.1, -0.05) is 66.2 Å². The third kappa shape index (κ3) is 7.81. The monoisotopic (exact) mass is 716 g/mol. The number of carboxylic acid groups (broad SMARTS) is 1. The lowest BCUT2D eigenvalue weighted by Crippen LogP contribution is -2.52. The average Bonchev–Trinajstić information content (AvgIpc) is 3.52. The molecule has 266 valence electrons. The van der Waals surface area contributed by atoms with Gasteiger partial charge in [-0.25, -0.2) is 0 Å². The molecule has 1 aromatic heterocycles. The summed E-state index contributed by atoms with van der Waals surface area (Å²) in [4.78, 5) is 15.9. The molecule has 0 spiro atoms. The maximum absolute atomic E-state index is 11.8. The minimum atomic E-state index is -1.58. The van der Waals surface area contributed by atoms with Gasteiger partial charge in [0, 0.05) is 42.2 Å². The Labute approximate surface area is 308 Å². The van der Waals surface area contributed by atoms with Crippen molar-refractivity contribution in [1.29, 1.82) is 5.26 Å². The number of nitrogens with one attached hydrogen (secondary N) is 1. The quantitative estimate of drug-likeness (QED) is 0.100. The maximum atomic E-state index is 11.8. The highest BCUT2D eigenvalue weighted by molar-refractivity contribution is 6.32. The Morgan fingerprint density at radius 3 is 2.40 bits per heavy atom. The number of carboxylic acids is 1. The van der Waals surface area contributed by atoms with Crippen LogP contribution in [-0.2, 0) is 37.4 Å². The van der Waals surface area contributed by atoms with Gasteiger partial charge < -0.3 is 25.4 Å². The molecule has 0 radical (unpaired) electrons. The van der Waals surface area contributed by atoms with E-state index >= 15 is 0 Å². The van der Waals surface area contributed by atoms with Crippen LogP contribution in [0.25, 0.3) is 22.3 Å². The third-order valence-corrected chi connectivity index (χ3v) is 10.1. The Balaban J connectivity index is 1.26. The van der Waals surface area contributed by atoms with Crippen molar-refractivity contribution in [3.8, 4) is 39.8 Å². The van der Waals surface area contributed by atoms with E-state index in [9.17, 15) is 20.3 Å². The Morgan fingerprint density at radius 1 is 0.942 bits per heavy atom. The normalized spacial score (nSPS) is 14.7. The standard InChI is InChI=1S/C42H41ClN4O5/c1-25-31(6-4-8-36(25)37-9-5-7-35(26(37)2)30-11-10-29-14-34(45)15-32(29)13-30)23-52-40-17-39(51-22-28-12-27(18-44)19-46-20-28)33(16-38(40)43)21-47-42(3,24-48)41(49)50/h4-13,16-17,19-20,34,47-48H,14-15,21-24,45H2,1-3H3,(H,49,50)/t34-,42?/m0/s1. The highest BCUT2D eigenvalue weighted by Crippen LogP contribution is 2.38. The van der Waals surface area contributed by atoms with Crippen molar-refractivity contribution in [2.75, 3.05) is 6.61 Å². The number of fused-ring (bicyclic) bond motifs is 1. The first-order chi connectivity index (χ1) is 25.0. The van der Waals surface area contributed by atoms with Crippen molar-refractivity contribution in [3.05, 3.63) is 135 Å². The minimum Gasteiger partial charge on any atom is -0.488 e. The highest BCUT2D eigenvalue weighted by Gasteiger charge is 2.32. The van der Waals surface area contributed by atoms with E-state index < -0.39 is 18.1 Å². The number of nitrogens with two attached hydrogens (primary N) is 1. The second kappa shape index (κ2) is 15.6. The molecule has 0 fully saturated rings. The fourth-order valence-electron chi connectivity index (χ4n) is 6.58. The fraction of sp³-hybridized carbons (Fsp3) is 0.262. The van der Waals surface area contributed by atoms with Crippen molar-refractivity contribution in [3.63, 3.8) is 0 Å². The molecule has 0 saturated heterocycles. The van der Waals surface area contributed by atoms with Gasteiger partial charge in [0.05, 0.1) is 17.2 Å². The summed E-state index contributed by atoms with van der Waals surface area (Å²) in [6.07, 6.45) is 4.90. The molecule has 0 aliphatic heterocycles. The molecule has 0 saturated carbocycles. The van der Waals surface area contributed by atoms with Crippen LogP contribution in [-0.4, -0.2) is 39.4 Å². The Hall–Kier alpha value is -5.24. The fourth-order valence-corrected chi connectivity index (χ4v) is 6.83. The zero-order chi connectivity index (χ0) is 37.0. The van der Waals surface area contributed by atoms with Gasteiger partial charge in [-0.15, -0.1) is 0 Å². The van der Waals surface area contributed by atoms with Crippen LogP contribution in [0.4, 0.5) is 0 Å². The Morgan fingerprint density at radius 2 is 1.65 bits per heavy atom. The number of aromatic nitrogens is 1. The molecule has 0 bridgehead atoms. The van der Waals surface area contributed by atoms with E-state index in [1.54, 1.807) is 24.4 Å². The summed E-state index contributed by atoms with van der Waals surface area (Å²) in [6.45, 7) is 5.38. The predicted molar refractivity (Wildman–Crippen MR) is 201 cm³/mol. The van der Waals surface area contributed by atoms with Gasteiger partial charge in [0.25, 0.3) is 0 Å². The second-order valence-electron chi connectivity index (χ2n) is 13.5. The van der Waals surface area contributed by atoms with Crippen LogP contribution in [0.1, 0.15) is 51.4 Å². The summed E-state index contributed by atoms with van der Waals surface area (Å²) >= 11 is 6.75. The third-order valence-electron chi connectivity index (χ3n) is 9.83. The molecule has 2 atom stereocenters. The number of hydrogen-bond donors (Lipinski definition) is 4. The number of aliphatic carboxylic acids is 1. The van der Waals surface area contributed by atoms with E-state index in [1.165, 1.54) is 40.9 Å². The molecule has 52 heavy (non-hydrogen) atoms. The molecule has 1 unspecified atom stereocenters. The van der Waals surface area contributed by atoms with Gasteiger partial charge in [-0.2, -0.15) is 5.26 Å². The summed E-state index contributed by atoms with van der Waals surface area (Å²) in [5.74, 6) is -0.422. The van der Waals surface area contributed by atoms with Gasteiger partial charge in [-0.05, 0) is 95.8 Å². The first-order valence-corrected chi connectivity index (χ1v) is 17.4. The van der Waals surface area contributed by atoms with E-state index in [4.69, 9.17) is 26.8 Å². The number of hydrogen-bond acceptors (Lipinski definition) is 8. The summed E-state index contributed by atoms with van der Waals surface area (Å²) in [5, 5.41) is 31.9. The molecular weight excluding hydrogens is 676 g/mol. The zero-order valence-electron chi connectivity index (χ0n) is 29.4. The van der Waals surface area contributed by atoms with Gasteiger partial charge in [-0.3, -0.25) is 15.1 Å². The first kappa shape index (κ1) is 36.5. The number of aliphatic hydroxyl groups excluding tert-OH is 1. The van der Waals surface area contributed by atoms with Gasteiger partial charge in [0.15, 0.2) is 0 Å². The number of aliphatic hydroxyl groups is 1. The molecule has 6 rings (SSSR count). The summed E-state index contributed by atoms with van der Waals surface area (Å²) < 4.78 is 12.5.